The highest BCUT2D eigenvalue weighted by molar-refractivity contribution is 5.41. The minimum Gasteiger partial charge on any atom is -0.494 e. The van der Waals surface area contributed by atoms with Crippen LogP contribution in [0.5, 0.6) is 11.5 Å². The first-order chi connectivity index (χ1) is 11.1. The standard InChI is InChI=1S/C20H26O3/c1-4-14-22-18-9-5-16(6-10-18)20(2,3)17-7-11-19(12-8-17)23-15-13-21/h5-12,21H,4,13-15H2,1-3H3. The minimum atomic E-state index is -0.0984. The van der Waals surface area contributed by atoms with E-state index >= 15 is 0 Å². The highest BCUT2D eigenvalue weighted by Gasteiger charge is 2.23. The molecule has 124 valence electrons. The summed E-state index contributed by atoms with van der Waals surface area (Å²) in [5.41, 5.74) is 2.36. The number of rotatable bonds is 8. The van der Waals surface area contributed by atoms with Crippen molar-refractivity contribution in [3.05, 3.63) is 59.7 Å². The van der Waals surface area contributed by atoms with Gasteiger partial charge in [0.1, 0.15) is 18.1 Å². The third-order valence-electron chi connectivity index (χ3n) is 3.98. The van der Waals surface area contributed by atoms with Crippen molar-refractivity contribution in [1.82, 2.24) is 0 Å². The van der Waals surface area contributed by atoms with Gasteiger partial charge < -0.3 is 14.6 Å². The molecule has 0 aliphatic carbocycles. The van der Waals surface area contributed by atoms with Crippen LogP contribution in [0.4, 0.5) is 0 Å². The Balaban J connectivity index is 2.13. The van der Waals surface area contributed by atoms with Crippen molar-refractivity contribution >= 4 is 0 Å². The van der Waals surface area contributed by atoms with Gasteiger partial charge in [-0.15, -0.1) is 0 Å². The molecule has 0 bridgehead atoms. The van der Waals surface area contributed by atoms with Crippen LogP contribution in [0.3, 0.4) is 0 Å². The van der Waals surface area contributed by atoms with Crippen LogP contribution in [0.15, 0.2) is 48.5 Å². The normalized spacial score (nSPS) is 11.3. The Bertz CT molecular complexity index is 532. The van der Waals surface area contributed by atoms with Gasteiger partial charge in [0.05, 0.1) is 13.2 Å². The molecule has 0 aliphatic rings. The Morgan fingerprint density at radius 3 is 1.61 bits per heavy atom. The van der Waals surface area contributed by atoms with Gasteiger partial charge in [0.2, 0.25) is 0 Å². The highest BCUT2D eigenvalue weighted by atomic mass is 16.5. The van der Waals surface area contributed by atoms with Gasteiger partial charge in [-0.25, -0.2) is 0 Å². The summed E-state index contributed by atoms with van der Waals surface area (Å²) in [5, 5.41) is 8.80. The Kier molecular flexibility index (Phi) is 6.05. The molecule has 2 rings (SSSR count). The summed E-state index contributed by atoms with van der Waals surface area (Å²) in [4.78, 5) is 0. The molecule has 0 heterocycles. The van der Waals surface area contributed by atoms with Crippen LogP contribution >= 0.6 is 0 Å². The number of aliphatic hydroxyl groups is 1. The third-order valence-corrected chi connectivity index (χ3v) is 3.98. The summed E-state index contributed by atoms with van der Waals surface area (Å²) in [6.07, 6.45) is 1.01. The molecule has 3 heteroatoms. The maximum Gasteiger partial charge on any atom is 0.119 e. The minimum absolute atomic E-state index is 0.0275. The zero-order chi connectivity index (χ0) is 16.7. The van der Waals surface area contributed by atoms with Gasteiger partial charge in [-0.3, -0.25) is 0 Å². The second-order valence-electron chi connectivity index (χ2n) is 6.09. The predicted molar refractivity (Wildman–Crippen MR) is 93.4 cm³/mol. The fourth-order valence-corrected chi connectivity index (χ4v) is 2.49. The lowest BCUT2D eigenvalue weighted by molar-refractivity contribution is 0.201. The van der Waals surface area contributed by atoms with Crippen molar-refractivity contribution < 1.29 is 14.6 Å². The maximum atomic E-state index is 8.80. The predicted octanol–water partition coefficient (Wildman–Crippen LogP) is 4.17. The first-order valence-corrected chi connectivity index (χ1v) is 8.15. The van der Waals surface area contributed by atoms with E-state index in [1.165, 1.54) is 11.1 Å². The molecule has 0 spiro atoms. The molecule has 0 fully saturated rings. The quantitative estimate of drug-likeness (QED) is 0.794. The SMILES string of the molecule is CCCOc1ccc(C(C)(C)c2ccc(OCCO)cc2)cc1. The summed E-state index contributed by atoms with van der Waals surface area (Å²) in [6.45, 7) is 7.61. The van der Waals surface area contributed by atoms with Gasteiger partial charge in [0, 0.05) is 5.41 Å². The Hall–Kier alpha value is -2.00. The summed E-state index contributed by atoms with van der Waals surface area (Å²) < 4.78 is 11.1. The fourth-order valence-electron chi connectivity index (χ4n) is 2.49. The summed E-state index contributed by atoms with van der Waals surface area (Å²) >= 11 is 0. The molecule has 0 unspecified atom stereocenters. The number of aliphatic hydroxyl groups excluding tert-OH is 1. The lowest BCUT2D eigenvalue weighted by Gasteiger charge is -2.26. The third kappa shape index (κ3) is 4.49. The first kappa shape index (κ1) is 17.4. The molecule has 0 radical (unpaired) electrons. The largest absolute Gasteiger partial charge is 0.494 e. The van der Waals surface area contributed by atoms with E-state index in [-0.39, 0.29) is 12.0 Å². The molecule has 0 saturated heterocycles. The van der Waals surface area contributed by atoms with Crippen molar-refractivity contribution in [3.8, 4) is 11.5 Å². The van der Waals surface area contributed by atoms with E-state index in [4.69, 9.17) is 14.6 Å². The van der Waals surface area contributed by atoms with E-state index in [1.54, 1.807) is 0 Å². The van der Waals surface area contributed by atoms with Crippen LogP contribution in [-0.2, 0) is 5.41 Å². The molecule has 2 aromatic rings. The van der Waals surface area contributed by atoms with Crippen molar-refractivity contribution in [1.29, 1.82) is 0 Å². The highest BCUT2D eigenvalue weighted by Crippen LogP contribution is 2.33. The maximum absolute atomic E-state index is 8.80. The van der Waals surface area contributed by atoms with Crippen LogP contribution in [0, 0.1) is 0 Å². The molecule has 2 aromatic carbocycles. The average molecular weight is 314 g/mol. The lowest BCUT2D eigenvalue weighted by Crippen LogP contribution is -2.18. The molecular formula is C20H26O3. The average Bonchev–Trinajstić information content (AvgIpc) is 2.59. The molecule has 23 heavy (non-hydrogen) atoms. The summed E-state index contributed by atoms with van der Waals surface area (Å²) in [7, 11) is 0. The van der Waals surface area contributed by atoms with E-state index in [0.717, 1.165) is 24.5 Å². The molecule has 0 amide bonds. The van der Waals surface area contributed by atoms with E-state index in [1.807, 2.05) is 24.3 Å². The van der Waals surface area contributed by atoms with E-state index in [9.17, 15) is 0 Å². The van der Waals surface area contributed by atoms with Crippen molar-refractivity contribution in [2.45, 2.75) is 32.6 Å². The van der Waals surface area contributed by atoms with Crippen molar-refractivity contribution in [2.24, 2.45) is 0 Å². The molecule has 1 N–H and O–H groups in total. The van der Waals surface area contributed by atoms with E-state index in [0.29, 0.717) is 6.61 Å². The van der Waals surface area contributed by atoms with Gasteiger partial charge in [-0.05, 0) is 41.8 Å². The fraction of sp³-hybridized carbons (Fsp3) is 0.400. The molecule has 0 atom stereocenters. The topological polar surface area (TPSA) is 38.7 Å². The molecule has 3 nitrogen and oxygen atoms in total. The number of hydrogen-bond donors (Lipinski definition) is 1. The van der Waals surface area contributed by atoms with Crippen LogP contribution in [0.25, 0.3) is 0 Å². The van der Waals surface area contributed by atoms with E-state index < -0.39 is 0 Å². The molecule has 0 saturated carbocycles. The summed E-state index contributed by atoms with van der Waals surface area (Å²) in [5.74, 6) is 1.70. The van der Waals surface area contributed by atoms with Gasteiger partial charge in [-0.1, -0.05) is 45.0 Å². The number of ether oxygens (including phenoxy) is 2. The first-order valence-electron chi connectivity index (χ1n) is 8.15. The van der Waals surface area contributed by atoms with Crippen LogP contribution in [0.1, 0.15) is 38.3 Å². The zero-order valence-electron chi connectivity index (χ0n) is 14.2. The molecule has 0 aliphatic heterocycles. The molecule has 0 aromatic heterocycles. The smallest absolute Gasteiger partial charge is 0.119 e. The van der Waals surface area contributed by atoms with Gasteiger partial charge in [0.15, 0.2) is 0 Å². The summed E-state index contributed by atoms with van der Waals surface area (Å²) in [6, 6.07) is 16.4. The van der Waals surface area contributed by atoms with Crippen molar-refractivity contribution in [2.75, 3.05) is 19.8 Å². The zero-order valence-corrected chi connectivity index (χ0v) is 14.2. The number of hydrogen-bond acceptors (Lipinski definition) is 3. The van der Waals surface area contributed by atoms with Crippen LogP contribution in [0.2, 0.25) is 0 Å². The van der Waals surface area contributed by atoms with Gasteiger partial charge in [-0.2, -0.15) is 0 Å². The second kappa shape index (κ2) is 8.02. The van der Waals surface area contributed by atoms with Gasteiger partial charge >= 0.3 is 0 Å². The monoisotopic (exact) mass is 314 g/mol. The Morgan fingerprint density at radius 2 is 1.22 bits per heavy atom. The lowest BCUT2D eigenvalue weighted by atomic mass is 9.78. The second-order valence-corrected chi connectivity index (χ2v) is 6.09. The van der Waals surface area contributed by atoms with Crippen LogP contribution < -0.4 is 9.47 Å². The Labute approximate surface area is 138 Å². The molecular weight excluding hydrogens is 288 g/mol. The number of benzene rings is 2. The van der Waals surface area contributed by atoms with Crippen molar-refractivity contribution in [3.63, 3.8) is 0 Å². The van der Waals surface area contributed by atoms with Gasteiger partial charge in [0.25, 0.3) is 0 Å². The Morgan fingerprint density at radius 1 is 0.783 bits per heavy atom. The van der Waals surface area contributed by atoms with Crippen LogP contribution in [-0.4, -0.2) is 24.9 Å². The van der Waals surface area contributed by atoms with E-state index in [2.05, 4.69) is 45.0 Å².